The molecule has 2 saturated heterocycles. The van der Waals surface area contributed by atoms with Crippen LogP contribution in [0.1, 0.15) is 44.0 Å². The van der Waals surface area contributed by atoms with E-state index in [-0.39, 0.29) is 17.1 Å². The normalized spacial score (nSPS) is 19.4. The third-order valence-electron chi connectivity index (χ3n) is 5.46. The van der Waals surface area contributed by atoms with Gasteiger partial charge in [0, 0.05) is 44.5 Å². The molecule has 2 fully saturated rings. The van der Waals surface area contributed by atoms with Crippen LogP contribution in [0.15, 0.2) is 48.8 Å². The molecule has 2 aromatic heterocycles. The van der Waals surface area contributed by atoms with E-state index in [0.29, 0.717) is 12.1 Å². The van der Waals surface area contributed by atoms with Crippen molar-refractivity contribution in [3.8, 4) is 6.07 Å². The second kappa shape index (κ2) is 18.2. The molecule has 2 aliphatic rings. The number of nitrogens with zero attached hydrogens (tertiary/aromatic N) is 5. The van der Waals surface area contributed by atoms with E-state index in [0.717, 1.165) is 13.1 Å². The summed E-state index contributed by atoms with van der Waals surface area (Å²) in [5.74, 6) is 0. The molecule has 0 saturated carbocycles. The van der Waals surface area contributed by atoms with Crippen molar-refractivity contribution >= 4 is 14.5 Å². The summed E-state index contributed by atoms with van der Waals surface area (Å²) in [7, 11) is -12.0. The topological polar surface area (TPSA) is 56.1 Å². The molecule has 4 rings (SSSR count). The molecular formula is C22H29B2CuF8N5. The maximum absolute atomic E-state index is 9.75. The number of nitriles is 1. The van der Waals surface area contributed by atoms with Gasteiger partial charge in [-0.15, -0.1) is 0 Å². The first-order chi connectivity index (χ1) is 17.3. The first-order valence-corrected chi connectivity index (χ1v) is 11.6. The number of hydrogen-bond donors (Lipinski definition) is 0. The van der Waals surface area contributed by atoms with Gasteiger partial charge in [0.25, 0.3) is 0 Å². The summed E-state index contributed by atoms with van der Waals surface area (Å²) < 4.78 is 78.0. The summed E-state index contributed by atoms with van der Waals surface area (Å²) in [4.78, 5) is 14.4. The maximum Gasteiger partial charge on any atom is 2.00 e. The molecule has 0 amide bonds. The molecule has 38 heavy (non-hydrogen) atoms. The standard InChI is InChI=1S/C20H26N4.C2H3N.2BF4.Cu/c1-3-11-21-17(7-1)15-23-13-5-9-19(23)20-10-6-14-24(20)16-18-8-2-4-12-22-18;1-2-3;2*2-1(3,4)5;/h1-4,7-8,11-12,19-20H,5-6,9-10,13-16H2;1H3;;;/q;;2*-1;+2/t19-,20-;;;;/m1..../s1. The molecular weight excluding hydrogens is 571 g/mol. The number of likely N-dealkylation sites (tertiary alicyclic amines) is 2. The van der Waals surface area contributed by atoms with Crippen LogP contribution in [0, 0.1) is 11.3 Å². The van der Waals surface area contributed by atoms with Gasteiger partial charge in [0.1, 0.15) is 0 Å². The minimum absolute atomic E-state index is 0. The van der Waals surface area contributed by atoms with Crippen LogP contribution in [-0.2, 0) is 30.2 Å². The van der Waals surface area contributed by atoms with Gasteiger partial charge < -0.3 is 34.5 Å². The summed E-state index contributed by atoms with van der Waals surface area (Å²) in [6.07, 6.45) is 9.07. The van der Waals surface area contributed by atoms with Crippen LogP contribution >= 0.6 is 0 Å². The van der Waals surface area contributed by atoms with Crippen LogP contribution in [0.3, 0.4) is 0 Å². The molecule has 2 atom stereocenters. The molecule has 0 N–H and O–H groups in total. The Labute approximate surface area is 228 Å². The fraction of sp³-hybridized carbons (Fsp3) is 0.500. The van der Waals surface area contributed by atoms with Crippen LogP contribution in [0.2, 0.25) is 0 Å². The Balaban J connectivity index is 0.000000824. The van der Waals surface area contributed by atoms with E-state index >= 15 is 0 Å². The van der Waals surface area contributed by atoms with Gasteiger partial charge in [-0.2, -0.15) is 5.26 Å². The predicted molar refractivity (Wildman–Crippen MR) is 127 cm³/mol. The monoisotopic (exact) mass is 600 g/mol. The number of aromatic nitrogens is 2. The third-order valence-corrected chi connectivity index (χ3v) is 5.46. The zero-order valence-corrected chi connectivity index (χ0v) is 21.6. The molecule has 4 heterocycles. The number of halogens is 8. The fourth-order valence-corrected chi connectivity index (χ4v) is 4.37. The van der Waals surface area contributed by atoms with Gasteiger partial charge in [-0.1, -0.05) is 12.1 Å². The maximum atomic E-state index is 9.75. The Kier molecular flexibility index (Phi) is 17.1. The van der Waals surface area contributed by atoms with Crippen molar-refractivity contribution in [3.05, 3.63) is 60.2 Å². The Morgan fingerprint density at radius 2 is 1.08 bits per heavy atom. The van der Waals surface area contributed by atoms with Gasteiger partial charge in [0.15, 0.2) is 0 Å². The van der Waals surface area contributed by atoms with Gasteiger partial charge in [0.05, 0.1) is 17.5 Å². The fourth-order valence-electron chi connectivity index (χ4n) is 4.37. The minimum Gasteiger partial charge on any atom is -0.418 e. The van der Waals surface area contributed by atoms with Crippen molar-refractivity contribution in [3.63, 3.8) is 0 Å². The van der Waals surface area contributed by atoms with Gasteiger partial charge in [-0.25, -0.2) is 0 Å². The van der Waals surface area contributed by atoms with Crippen molar-refractivity contribution in [2.24, 2.45) is 0 Å². The van der Waals surface area contributed by atoms with Crippen LogP contribution in [0.4, 0.5) is 34.5 Å². The van der Waals surface area contributed by atoms with Gasteiger partial charge in [-0.3, -0.25) is 19.8 Å². The van der Waals surface area contributed by atoms with Crippen LogP contribution in [0.5, 0.6) is 0 Å². The third kappa shape index (κ3) is 17.3. The van der Waals surface area contributed by atoms with E-state index in [1.54, 1.807) is 6.07 Å². The minimum atomic E-state index is -6.00. The zero-order valence-electron chi connectivity index (χ0n) is 20.6. The first kappa shape index (κ1) is 35.8. The molecule has 215 valence electrons. The van der Waals surface area contributed by atoms with Crippen molar-refractivity contribution in [1.82, 2.24) is 19.8 Å². The number of pyridine rings is 2. The zero-order chi connectivity index (χ0) is 27.9. The van der Waals surface area contributed by atoms with Crippen LogP contribution in [0.25, 0.3) is 0 Å². The second-order valence-electron chi connectivity index (χ2n) is 8.22. The van der Waals surface area contributed by atoms with Gasteiger partial charge >= 0.3 is 31.6 Å². The molecule has 2 aromatic rings. The Hall–Kier alpha value is -2.20. The Bertz CT molecular complexity index is 838. The molecule has 0 aromatic carbocycles. The number of rotatable bonds is 5. The van der Waals surface area contributed by atoms with E-state index in [2.05, 4.69) is 44.0 Å². The summed E-state index contributed by atoms with van der Waals surface area (Å²) in [6, 6.07) is 15.6. The SMILES string of the molecule is CC#N.F[B-](F)(F)F.F[B-](F)(F)F.[Cu+2].c1ccc(CN2CCC[C@@H]2[C@H]2CCCN2Cc2ccccn2)nc1. The van der Waals surface area contributed by atoms with E-state index in [1.807, 2.05) is 24.5 Å². The van der Waals surface area contributed by atoms with Crippen molar-refractivity contribution in [1.29, 1.82) is 5.26 Å². The van der Waals surface area contributed by atoms with E-state index in [4.69, 9.17) is 5.26 Å². The molecule has 1 radical (unpaired) electrons. The Morgan fingerprint density at radius 3 is 1.34 bits per heavy atom. The molecule has 0 unspecified atom stereocenters. The number of hydrogen-bond acceptors (Lipinski definition) is 5. The average molecular weight is 601 g/mol. The van der Waals surface area contributed by atoms with Crippen LogP contribution in [-0.4, -0.2) is 59.4 Å². The molecule has 0 aliphatic carbocycles. The van der Waals surface area contributed by atoms with E-state index in [1.165, 1.54) is 57.1 Å². The van der Waals surface area contributed by atoms with Crippen molar-refractivity contribution < 1.29 is 51.6 Å². The molecule has 16 heteroatoms. The predicted octanol–water partition coefficient (Wildman–Crippen LogP) is 6.23. The summed E-state index contributed by atoms with van der Waals surface area (Å²) >= 11 is 0. The van der Waals surface area contributed by atoms with E-state index < -0.39 is 14.5 Å². The quantitative estimate of drug-likeness (QED) is 0.301. The smallest absolute Gasteiger partial charge is 0.418 e. The first-order valence-electron chi connectivity index (χ1n) is 11.6. The molecule has 0 spiro atoms. The van der Waals surface area contributed by atoms with Crippen LogP contribution < -0.4 is 0 Å². The molecule has 0 bridgehead atoms. The summed E-state index contributed by atoms with van der Waals surface area (Å²) in [5, 5.41) is 7.32. The van der Waals surface area contributed by atoms with Gasteiger partial charge in [0.2, 0.25) is 0 Å². The largest absolute Gasteiger partial charge is 2.00 e. The van der Waals surface area contributed by atoms with Crippen molar-refractivity contribution in [2.75, 3.05) is 13.1 Å². The molecule has 2 aliphatic heterocycles. The average Bonchev–Trinajstić information content (AvgIpc) is 3.42. The van der Waals surface area contributed by atoms with Crippen molar-refractivity contribution in [2.45, 2.75) is 57.8 Å². The second-order valence-corrected chi connectivity index (χ2v) is 8.22. The Morgan fingerprint density at radius 1 is 0.763 bits per heavy atom. The molecule has 5 nitrogen and oxygen atoms in total. The van der Waals surface area contributed by atoms with Gasteiger partial charge in [-0.05, 0) is 63.0 Å². The summed E-state index contributed by atoms with van der Waals surface area (Å²) in [5.41, 5.74) is 2.39. The summed E-state index contributed by atoms with van der Waals surface area (Å²) in [6.45, 7) is 5.81. The van der Waals surface area contributed by atoms with E-state index in [9.17, 15) is 34.5 Å².